The van der Waals surface area contributed by atoms with Crippen LogP contribution in [0.5, 0.6) is 0 Å². The predicted octanol–water partition coefficient (Wildman–Crippen LogP) is 1.15. The van der Waals surface area contributed by atoms with Crippen LogP contribution in [0.4, 0.5) is 0 Å². The van der Waals surface area contributed by atoms with Gasteiger partial charge in [0.1, 0.15) is 12.4 Å². The summed E-state index contributed by atoms with van der Waals surface area (Å²) in [5.74, 6) is 0.566. The van der Waals surface area contributed by atoms with E-state index in [-0.39, 0.29) is 23.7 Å². The summed E-state index contributed by atoms with van der Waals surface area (Å²) in [5.41, 5.74) is 1.09. The maximum Gasteiger partial charge on any atom is 0.297 e. The fraction of sp³-hybridized carbons (Fsp3) is 0.471. The lowest BCUT2D eigenvalue weighted by molar-refractivity contribution is -0.131. The molecule has 0 unspecified atom stereocenters. The summed E-state index contributed by atoms with van der Waals surface area (Å²) in [6.45, 7) is 3.30. The van der Waals surface area contributed by atoms with E-state index in [1.807, 2.05) is 4.90 Å². The summed E-state index contributed by atoms with van der Waals surface area (Å²) in [4.78, 5) is 31.9. The van der Waals surface area contributed by atoms with E-state index in [0.29, 0.717) is 17.0 Å². The summed E-state index contributed by atoms with van der Waals surface area (Å²) in [6, 6.07) is 3.57. The van der Waals surface area contributed by atoms with Gasteiger partial charge in [-0.1, -0.05) is 12.8 Å². The summed E-state index contributed by atoms with van der Waals surface area (Å²) in [5, 5.41) is 7.97. The molecular weight excluding hydrogens is 320 g/mol. The number of aryl methyl sites for hydroxylation is 1. The first-order valence-electron chi connectivity index (χ1n) is 8.64. The van der Waals surface area contributed by atoms with Crippen LogP contribution >= 0.6 is 0 Å². The van der Waals surface area contributed by atoms with Crippen molar-refractivity contribution in [3.8, 4) is 0 Å². The number of nitrogens with zero attached hydrogens (tertiary/aromatic N) is 6. The van der Waals surface area contributed by atoms with Crippen molar-refractivity contribution < 1.29 is 4.79 Å². The van der Waals surface area contributed by atoms with Crippen LogP contribution in [0.15, 0.2) is 23.1 Å². The number of aromatic nitrogens is 5. The Balaban J connectivity index is 1.82. The van der Waals surface area contributed by atoms with E-state index in [0.717, 1.165) is 38.8 Å². The molecule has 1 amide bonds. The molecule has 25 heavy (non-hydrogen) atoms. The number of carbonyl (C=O) groups is 1. The minimum Gasteiger partial charge on any atom is -0.341 e. The Kier molecular flexibility index (Phi) is 3.95. The van der Waals surface area contributed by atoms with Crippen LogP contribution in [0.3, 0.4) is 0 Å². The molecule has 8 heteroatoms. The van der Waals surface area contributed by atoms with Crippen LogP contribution < -0.4 is 5.56 Å². The van der Waals surface area contributed by atoms with Gasteiger partial charge in [0.05, 0.1) is 5.52 Å². The van der Waals surface area contributed by atoms with Crippen molar-refractivity contribution >= 4 is 22.7 Å². The summed E-state index contributed by atoms with van der Waals surface area (Å²) in [7, 11) is 0. The Labute approximate surface area is 144 Å². The first-order chi connectivity index (χ1) is 12.2. The first kappa shape index (κ1) is 15.7. The van der Waals surface area contributed by atoms with E-state index in [1.54, 1.807) is 29.7 Å². The molecule has 1 aliphatic heterocycles. The lowest BCUT2D eigenvalue weighted by atomic mass is 10.2. The molecule has 1 saturated heterocycles. The zero-order valence-corrected chi connectivity index (χ0v) is 14.2. The van der Waals surface area contributed by atoms with Gasteiger partial charge in [-0.25, -0.2) is 4.98 Å². The van der Waals surface area contributed by atoms with Gasteiger partial charge in [-0.3, -0.25) is 18.6 Å². The highest BCUT2D eigenvalue weighted by Gasteiger charge is 2.20. The average Bonchev–Trinajstić information content (AvgIpc) is 2.84. The smallest absolute Gasteiger partial charge is 0.297 e. The van der Waals surface area contributed by atoms with E-state index >= 15 is 0 Å². The molecule has 4 heterocycles. The van der Waals surface area contributed by atoms with Crippen LogP contribution in [0, 0.1) is 6.92 Å². The van der Waals surface area contributed by atoms with Crippen molar-refractivity contribution in [2.45, 2.75) is 39.2 Å². The van der Waals surface area contributed by atoms with E-state index in [1.165, 1.54) is 4.57 Å². The lowest BCUT2D eigenvalue weighted by Crippen LogP contribution is -2.37. The SMILES string of the molecule is Cc1nnc2c(=O)n(CC(=O)N3CCCCCC3)c3cccnc3n12. The second-order valence-electron chi connectivity index (χ2n) is 6.44. The number of hydrogen-bond donors (Lipinski definition) is 0. The van der Waals surface area contributed by atoms with Gasteiger partial charge in [0.25, 0.3) is 5.56 Å². The van der Waals surface area contributed by atoms with Crippen LogP contribution in [-0.2, 0) is 11.3 Å². The minimum atomic E-state index is -0.315. The standard InChI is InChI=1S/C17H20N6O2/c1-12-19-20-16-17(25)22(13-7-6-8-18-15(13)23(12)16)11-14(24)21-9-4-2-3-5-10-21/h6-8H,2-5,9-11H2,1H3. The van der Waals surface area contributed by atoms with Crippen molar-refractivity contribution in [3.05, 3.63) is 34.5 Å². The molecule has 0 aromatic carbocycles. The van der Waals surface area contributed by atoms with E-state index in [4.69, 9.17) is 0 Å². The largest absolute Gasteiger partial charge is 0.341 e. The highest BCUT2D eigenvalue weighted by molar-refractivity contribution is 5.80. The third kappa shape index (κ3) is 2.67. The molecule has 0 atom stereocenters. The number of hydrogen-bond acceptors (Lipinski definition) is 5. The number of rotatable bonds is 2. The average molecular weight is 340 g/mol. The molecule has 0 spiro atoms. The molecule has 8 nitrogen and oxygen atoms in total. The molecule has 130 valence electrons. The Bertz CT molecular complexity index is 997. The first-order valence-corrected chi connectivity index (χ1v) is 8.64. The van der Waals surface area contributed by atoms with Gasteiger partial charge in [0, 0.05) is 19.3 Å². The molecule has 0 saturated carbocycles. The monoisotopic (exact) mass is 340 g/mol. The molecular formula is C17H20N6O2. The number of amides is 1. The lowest BCUT2D eigenvalue weighted by Gasteiger charge is -2.21. The van der Waals surface area contributed by atoms with Gasteiger partial charge in [0.2, 0.25) is 11.6 Å². The topological polar surface area (TPSA) is 85.4 Å². The van der Waals surface area contributed by atoms with Crippen LogP contribution in [-0.4, -0.2) is 48.0 Å². The molecule has 3 aromatic heterocycles. The van der Waals surface area contributed by atoms with Crippen molar-refractivity contribution in [2.24, 2.45) is 0 Å². The molecule has 4 rings (SSSR count). The predicted molar refractivity (Wildman–Crippen MR) is 92.3 cm³/mol. The van der Waals surface area contributed by atoms with Gasteiger partial charge < -0.3 is 4.90 Å². The van der Waals surface area contributed by atoms with Crippen molar-refractivity contribution in [2.75, 3.05) is 13.1 Å². The van der Waals surface area contributed by atoms with Crippen LogP contribution in [0.25, 0.3) is 16.8 Å². The molecule has 1 fully saturated rings. The molecule has 0 bridgehead atoms. The number of fused-ring (bicyclic) bond motifs is 3. The fourth-order valence-corrected chi connectivity index (χ4v) is 3.47. The van der Waals surface area contributed by atoms with Gasteiger partial charge in [-0.15, -0.1) is 10.2 Å². The van der Waals surface area contributed by atoms with Gasteiger partial charge in [0.15, 0.2) is 5.65 Å². The fourth-order valence-electron chi connectivity index (χ4n) is 3.47. The molecule has 0 aliphatic carbocycles. The maximum absolute atomic E-state index is 12.9. The summed E-state index contributed by atoms with van der Waals surface area (Å²) >= 11 is 0. The van der Waals surface area contributed by atoms with Gasteiger partial charge in [-0.2, -0.15) is 0 Å². The second kappa shape index (κ2) is 6.27. The van der Waals surface area contributed by atoms with Crippen molar-refractivity contribution in [1.29, 1.82) is 0 Å². The third-order valence-corrected chi connectivity index (χ3v) is 4.78. The summed E-state index contributed by atoms with van der Waals surface area (Å²) < 4.78 is 3.11. The van der Waals surface area contributed by atoms with E-state index in [2.05, 4.69) is 15.2 Å². The molecule has 3 aromatic rings. The molecule has 0 N–H and O–H groups in total. The zero-order valence-electron chi connectivity index (χ0n) is 14.2. The molecule has 0 radical (unpaired) electrons. The Hall–Kier alpha value is -2.77. The van der Waals surface area contributed by atoms with Gasteiger partial charge >= 0.3 is 0 Å². The summed E-state index contributed by atoms with van der Waals surface area (Å²) in [6.07, 6.45) is 6.01. The molecule has 1 aliphatic rings. The number of pyridine rings is 1. The quantitative estimate of drug-likeness (QED) is 0.698. The van der Waals surface area contributed by atoms with Crippen molar-refractivity contribution in [3.63, 3.8) is 0 Å². The maximum atomic E-state index is 12.9. The minimum absolute atomic E-state index is 0.00341. The third-order valence-electron chi connectivity index (χ3n) is 4.78. The Morgan fingerprint density at radius 2 is 1.88 bits per heavy atom. The Morgan fingerprint density at radius 3 is 2.64 bits per heavy atom. The number of carbonyl (C=O) groups excluding carboxylic acids is 1. The highest BCUT2D eigenvalue weighted by atomic mass is 16.2. The van der Waals surface area contributed by atoms with E-state index < -0.39 is 0 Å². The zero-order chi connectivity index (χ0) is 17.4. The van der Waals surface area contributed by atoms with Crippen LogP contribution in [0.2, 0.25) is 0 Å². The second-order valence-corrected chi connectivity index (χ2v) is 6.44. The number of likely N-dealkylation sites (tertiary alicyclic amines) is 1. The highest BCUT2D eigenvalue weighted by Crippen LogP contribution is 2.14. The van der Waals surface area contributed by atoms with Gasteiger partial charge in [-0.05, 0) is 31.9 Å². The van der Waals surface area contributed by atoms with E-state index in [9.17, 15) is 9.59 Å². The van der Waals surface area contributed by atoms with Crippen LogP contribution in [0.1, 0.15) is 31.5 Å². The van der Waals surface area contributed by atoms with Crippen molar-refractivity contribution in [1.82, 2.24) is 29.0 Å². The Morgan fingerprint density at radius 1 is 1.12 bits per heavy atom. The normalized spacial score (nSPS) is 15.6.